The number of rotatable bonds is 36. The van der Waals surface area contributed by atoms with Gasteiger partial charge in [0, 0.05) is 89.3 Å². The van der Waals surface area contributed by atoms with E-state index < -0.39 is 92.4 Å². The molecule has 0 fully saturated rings. The Hall–Kier alpha value is -14.7. The molecule has 13 N–H and O–H groups in total. The van der Waals surface area contributed by atoms with Gasteiger partial charge < -0.3 is 63.5 Å². The molecule has 34 nitrogen and oxygen atoms in total. The van der Waals surface area contributed by atoms with Crippen molar-refractivity contribution in [2.24, 2.45) is 17.2 Å². The number of hydrogen-bond donors (Lipinski definition) is 10. The number of non-ortho nitro benzene ring substituents is 4. The minimum atomic E-state index is -1.12. The van der Waals surface area contributed by atoms with Crippen LogP contribution in [0.15, 0.2) is 297 Å². The molecule has 5 amide bonds. The van der Waals surface area contributed by atoms with Crippen molar-refractivity contribution in [3.63, 3.8) is 0 Å². The summed E-state index contributed by atoms with van der Waals surface area (Å²) in [7, 11) is 2.48. The Morgan fingerprint density at radius 2 is 0.627 bits per heavy atom. The minimum Gasteiger partial charge on any atom is -0.480 e. The highest BCUT2D eigenvalue weighted by molar-refractivity contribution is 7.81. The monoisotopic (exact) mass is 2100 g/mol. The number of thiocarbonyl (C=S) groups is 1. The Balaban J connectivity index is 0.000000171. The van der Waals surface area contributed by atoms with Crippen molar-refractivity contribution in [2.75, 3.05) is 20.8 Å². The van der Waals surface area contributed by atoms with E-state index >= 15 is 0 Å². The highest BCUT2D eigenvalue weighted by atomic mass is 32.1. The second-order valence-corrected chi connectivity index (χ2v) is 39.1. The van der Waals surface area contributed by atoms with E-state index in [9.17, 15) is 69.2 Å². The van der Waals surface area contributed by atoms with Crippen LogP contribution in [0.2, 0.25) is 0 Å². The molecule has 7 aromatic carbocycles. The molecule has 16 aromatic rings. The molecule has 9 aromatic heterocycles. The number of carbonyl (C=O) groups excluding carboxylic acids is 5. The molecule has 0 saturated carbocycles. The molecule has 0 radical (unpaired) electrons. The number of carbonyl (C=O) groups is 6. The van der Waals surface area contributed by atoms with Crippen LogP contribution in [0, 0.1) is 40.5 Å². The number of alkyl carbamates (subject to hydrolysis) is 2. The molecule has 0 unspecified atom stereocenters. The molecule has 7 atom stereocenters. The fourth-order valence-corrected chi connectivity index (χ4v) is 20.9. The van der Waals surface area contributed by atoms with E-state index in [0.717, 1.165) is 94.7 Å². The van der Waals surface area contributed by atoms with Gasteiger partial charge in [0.15, 0.2) is 0 Å². The summed E-state index contributed by atoms with van der Waals surface area (Å²) in [5, 5.41) is 95.6. The van der Waals surface area contributed by atoms with Crippen molar-refractivity contribution in [1.29, 1.82) is 0 Å². The van der Waals surface area contributed by atoms with Gasteiger partial charge in [-0.15, -0.1) is 102 Å². The van der Waals surface area contributed by atoms with Crippen LogP contribution in [0.1, 0.15) is 90.8 Å². The lowest BCUT2D eigenvalue weighted by Gasteiger charge is -2.22. The van der Waals surface area contributed by atoms with E-state index in [4.69, 9.17) is 59.1 Å². The number of nitrogens with one attached hydrogen (secondary N) is 5. The Labute approximate surface area is 854 Å². The molecule has 9 heterocycles. The molecule has 44 heteroatoms. The van der Waals surface area contributed by atoms with Gasteiger partial charge in [0.25, 0.3) is 22.7 Å². The summed E-state index contributed by atoms with van der Waals surface area (Å²) >= 11 is 18.8. The number of nitro benzene ring substituents is 4. The lowest BCUT2D eigenvalue weighted by Crippen LogP contribution is -2.49. The zero-order valence-electron chi connectivity index (χ0n) is 75.4. The number of amides is 5. The van der Waals surface area contributed by atoms with Crippen molar-refractivity contribution in [2.45, 2.75) is 87.2 Å². The van der Waals surface area contributed by atoms with Crippen LogP contribution in [-0.4, -0.2) is 130 Å². The number of nitrogens with two attached hydrogens (primary N) is 3. The number of aliphatic hydroxyl groups excluding tert-OH is 1. The van der Waals surface area contributed by atoms with E-state index in [1.807, 2.05) is 176 Å². The summed E-state index contributed by atoms with van der Waals surface area (Å²) < 4.78 is 9.47. The standard InChI is InChI=1S/2C26H24N4O5S2.2C15H13N3O2S2.C11H13NO4.C5H5NS2/c2*1-35-26(32)29-21(15-17-6-3-2-4-7-17)24(31)27-20(14-18-9-11-19(12-10-18)30(33)34)22-16-37-25(28-22)23-8-5-13-36-23;2*16-12(8-10-3-5-11(6-4-10)18(19)20)13-9-22-15(17-13)14-2-1-7-21-14;13-7-10(14)12-9(11(15)16)6-8-4-2-1-3-5-8;6-5(7)4-2-1-3-8-4/h2*2-13,16,20-21H,14-15H2,1H3,(H,27,31)(H,29,32);2*1-7,9,12H,8,16H2;1-5,9,13H,6-7H2,(H,12,14)(H,15,16);1-3H,(H2,6,7)/t2*20-,21-;2*12-;9-;/m00000./s1. The Bertz CT molecular complexity index is 6370. The number of ether oxygens (including phenoxy) is 2. The topological polar surface area (TPSA) is 524 Å². The van der Waals surface area contributed by atoms with Crippen LogP contribution in [0.25, 0.3) is 39.5 Å². The minimum absolute atomic E-state index is 0.0109. The van der Waals surface area contributed by atoms with Crippen molar-refractivity contribution in [1.82, 2.24) is 46.5 Å². The number of aliphatic hydroxyl groups is 1. The quantitative estimate of drug-likeness (QED) is 0.00990. The molecular formula is C98H92N16O18S10. The van der Waals surface area contributed by atoms with Crippen LogP contribution in [-0.2, 0) is 73.6 Å². The lowest BCUT2D eigenvalue weighted by molar-refractivity contribution is -0.385. The molecule has 0 bridgehead atoms. The third-order valence-electron chi connectivity index (χ3n) is 20.5. The number of hydrogen-bond acceptors (Lipinski definition) is 33. The third kappa shape index (κ3) is 34.1. The van der Waals surface area contributed by atoms with Gasteiger partial charge in [-0.05, 0) is 122 Å². The van der Waals surface area contributed by atoms with Gasteiger partial charge in [0.05, 0.1) is 105 Å². The molecule has 0 spiro atoms. The number of thiophene rings is 5. The summed E-state index contributed by atoms with van der Waals surface area (Å²) in [5.41, 5.74) is 27.0. The van der Waals surface area contributed by atoms with Crippen molar-refractivity contribution in [3.05, 3.63) is 404 Å². The fraction of sp³-hybridized carbons (Fsp3) is 0.173. The number of aromatic nitrogens is 4. The van der Waals surface area contributed by atoms with Gasteiger partial charge in [0.2, 0.25) is 17.7 Å². The highest BCUT2D eigenvalue weighted by Crippen LogP contribution is 2.36. The first kappa shape index (κ1) is 108. The first-order valence-electron chi connectivity index (χ1n) is 42.9. The van der Waals surface area contributed by atoms with E-state index in [1.54, 1.807) is 152 Å². The number of nitro groups is 4. The van der Waals surface area contributed by atoms with Crippen LogP contribution in [0.5, 0.6) is 0 Å². The van der Waals surface area contributed by atoms with Crippen LogP contribution in [0.3, 0.4) is 0 Å². The summed E-state index contributed by atoms with van der Waals surface area (Å²) in [6.07, 6.45) is 1.22. The summed E-state index contributed by atoms with van der Waals surface area (Å²) in [6, 6.07) is 68.5. The molecule has 0 aliphatic carbocycles. The van der Waals surface area contributed by atoms with Crippen molar-refractivity contribution >= 4 is 178 Å². The fourth-order valence-electron chi connectivity index (χ4n) is 13.3. The smallest absolute Gasteiger partial charge is 0.407 e. The zero-order valence-corrected chi connectivity index (χ0v) is 83.5. The van der Waals surface area contributed by atoms with Crippen molar-refractivity contribution < 1.29 is 68.1 Å². The number of carboxylic acid groups (broad SMARTS) is 1. The maximum absolute atomic E-state index is 13.5. The van der Waals surface area contributed by atoms with Gasteiger partial charge in [-0.25, -0.2) is 34.3 Å². The Morgan fingerprint density at radius 1 is 0.352 bits per heavy atom. The number of benzene rings is 7. The average molecular weight is 2100 g/mol. The average Bonchev–Trinajstić information content (AvgIpc) is 1.67. The second kappa shape index (κ2) is 55.4. The van der Waals surface area contributed by atoms with Crippen LogP contribution < -0.4 is 43.8 Å². The van der Waals surface area contributed by atoms with Gasteiger partial charge in [-0.1, -0.05) is 182 Å². The second-order valence-electron chi connectivity index (χ2n) is 30.5. The van der Waals surface area contributed by atoms with Gasteiger partial charge in [-0.2, -0.15) is 0 Å². The number of aliphatic carboxylic acids is 1. The largest absolute Gasteiger partial charge is 0.480 e. The van der Waals surface area contributed by atoms with Gasteiger partial charge in [-0.3, -0.25) is 54.8 Å². The Morgan fingerprint density at radius 3 is 0.880 bits per heavy atom. The van der Waals surface area contributed by atoms with Gasteiger partial charge >= 0.3 is 18.2 Å². The SMILES string of the molecule is COC(=O)N[C@@H](Cc1ccccc1)C(=O)N[C@@H](Cc1ccc([N+](=O)[O-])cc1)c1csc(-c2cccs2)n1.COC(=O)N[C@@H](Cc1ccccc1)C(=O)N[C@@H](Cc1ccc([N+](=O)[O-])cc1)c1csc(-c2cccs2)n1.NC(=S)c1cccs1.N[C@@H](Cc1ccc([N+](=O)[O-])cc1)c1csc(-c2cccs2)n1.N[C@@H](Cc1ccc([N+](=O)[O-])cc1)c1csc(-c2cccs2)n1.O=C(CO)N[C@@H](Cc1ccccc1)C(=O)O. The molecule has 0 aliphatic rings. The molecule has 732 valence electrons. The van der Waals surface area contributed by atoms with Crippen molar-refractivity contribution in [3.8, 4) is 39.5 Å². The predicted octanol–water partition coefficient (Wildman–Crippen LogP) is 19.5. The van der Waals surface area contributed by atoms with E-state index in [2.05, 4.69) is 36.6 Å². The zero-order chi connectivity index (χ0) is 101. The summed E-state index contributed by atoms with van der Waals surface area (Å²) in [6.45, 7) is -0.710. The number of methoxy groups -OCH3 is 2. The molecule has 0 saturated heterocycles. The first-order valence-corrected chi connectivity index (χ1v) is 51.2. The summed E-state index contributed by atoms with van der Waals surface area (Å²) in [5.74, 6) is -2.60. The predicted molar refractivity (Wildman–Crippen MR) is 560 cm³/mol. The third-order valence-corrected chi connectivity index (χ3v) is 29.3. The molecule has 142 heavy (non-hydrogen) atoms. The number of thiazole rings is 4. The van der Waals surface area contributed by atoms with E-state index in [0.29, 0.717) is 42.1 Å². The van der Waals surface area contributed by atoms with E-state index in [-0.39, 0.29) is 54.1 Å². The molecule has 16 rings (SSSR count). The first-order chi connectivity index (χ1) is 68.5. The molecule has 0 aliphatic heterocycles. The lowest BCUT2D eigenvalue weighted by atomic mass is 10.0. The van der Waals surface area contributed by atoms with E-state index in [1.165, 1.54) is 85.4 Å². The van der Waals surface area contributed by atoms with Gasteiger partial charge in [0.1, 0.15) is 49.8 Å². The number of carboxylic acids is 1. The molecular weight excluding hydrogens is 2010 g/mol. The summed E-state index contributed by atoms with van der Waals surface area (Å²) in [4.78, 5) is 139. The van der Waals surface area contributed by atoms with Crippen LogP contribution >= 0.6 is 114 Å². The maximum Gasteiger partial charge on any atom is 0.407 e. The normalized spacial score (nSPS) is 12.1. The highest BCUT2D eigenvalue weighted by Gasteiger charge is 2.31. The number of nitrogens with zero attached hydrogens (tertiary/aromatic N) is 8. The maximum atomic E-state index is 13.5. The van der Waals surface area contributed by atoms with Crippen LogP contribution in [0.4, 0.5) is 32.3 Å². The Kier molecular flexibility index (Phi) is 42.0.